The number of thiophene rings is 1. The second-order valence-electron chi connectivity index (χ2n) is 4.61. The van der Waals surface area contributed by atoms with Gasteiger partial charge in [0.15, 0.2) is 5.00 Å². The molecular formula is C11H17N3O4S3. The van der Waals surface area contributed by atoms with E-state index in [9.17, 15) is 18.5 Å². The maximum atomic E-state index is 12.7. The Morgan fingerprint density at radius 3 is 2.86 bits per heavy atom. The summed E-state index contributed by atoms with van der Waals surface area (Å²) < 4.78 is 26.8. The van der Waals surface area contributed by atoms with Gasteiger partial charge in [-0.25, -0.2) is 8.42 Å². The van der Waals surface area contributed by atoms with Gasteiger partial charge in [0.2, 0.25) is 0 Å². The average Bonchev–Trinajstić information content (AvgIpc) is 2.84. The first-order valence-electron chi connectivity index (χ1n) is 6.49. The van der Waals surface area contributed by atoms with Crippen molar-refractivity contribution >= 4 is 43.8 Å². The molecule has 1 aromatic rings. The standard InChI is InChI=1S/C11H17N3O4S3/c1-3-12-11-9(14(15)16)6-10(20-11)21(17,18)13-4-5-19-7-8(13)2/h6,8,12H,3-5,7H2,1-2H3. The van der Waals surface area contributed by atoms with Gasteiger partial charge in [-0.2, -0.15) is 16.1 Å². The van der Waals surface area contributed by atoms with Crippen molar-refractivity contribution in [1.29, 1.82) is 0 Å². The molecule has 0 aliphatic carbocycles. The number of nitrogens with one attached hydrogen (secondary N) is 1. The summed E-state index contributed by atoms with van der Waals surface area (Å²) in [7, 11) is -3.67. The van der Waals surface area contributed by atoms with Crippen molar-refractivity contribution in [2.24, 2.45) is 0 Å². The summed E-state index contributed by atoms with van der Waals surface area (Å²) >= 11 is 2.64. The third-order valence-corrected chi connectivity index (χ3v) is 7.83. The largest absolute Gasteiger partial charge is 0.372 e. The minimum Gasteiger partial charge on any atom is -0.372 e. The lowest BCUT2D eigenvalue weighted by Crippen LogP contribution is -2.44. The second-order valence-corrected chi connectivity index (χ2v) is 8.93. The summed E-state index contributed by atoms with van der Waals surface area (Å²) in [6, 6.07) is 1.06. The fourth-order valence-electron chi connectivity index (χ4n) is 2.09. The van der Waals surface area contributed by atoms with Gasteiger partial charge in [-0.05, 0) is 13.8 Å². The number of hydrogen-bond acceptors (Lipinski definition) is 7. The van der Waals surface area contributed by atoms with Crippen LogP contribution >= 0.6 is 23.1 Å². The molecule has 0 spiro atoms. The number of thioether (sulfide) groups is 1. The molecule has 1 N–H and O–H groups in total. The van der Waals surface area contributed by atoms with Crippen LogP contribution in [0.2, 0.25) is 0 Å². The topological polar surface area (TPSA) is 92.6 Å². The van der Waals surface area contributed by atoms with E-state index in [-0.39, 0.29) is 15.9 Å². The van der Waals surface area contributed by atoms with Crippen molar-refractivity contribution in [2.75, 3.05) is 29.9 Å². The third kappa shape index (κ3) is 3.33. The molecule has 1 fully saturated rings. The number of nitrogens with zero attached hydrogens (tertiary/aromatic N) is 2. The molecular weight excluding hydrogens is 334 g/mol. The minimum atomic E-state index is -3.67. The zero-order valence-electron chi connectivity index (χ0n) is 11.7. The summed E-state index contributed by atoms with van der Waals surface area (Å²) in [6.45, 7) is 4.60. The zero-order chi connectivity index (χ0) is 15.6. The highest BCUT2D eigenvalue weighted by Gasteiger charge is 2.34. The van der Waals surface area contributed by atoms with E-state index in [0.29, 0.717) is 18.1 Å². The molecule has 1 atom stereocenters. The molecule has 0 amide bonds. The Balaban J connectivity index is 2.40. The summed E-state index contributed by atoms with van der Waals surface area (Å²) in [4.78, 5) is 10.5. The van der Waals surface area contributed by atoms with E-state index in [0.717, 1.165) is 28.9 Å². The SMILES string of the molecule is CCNc1sc(S(=O)(=O)N2CCSCC2C)cc1[N+](=O)[O-]. The highest BCUT2D eigenvalue weighted by molar-refractivity contribution is 7.99. The van der Waals surface area contributed by atoms with E-state index < -0.39 is 14.9 Å². The van der Waals surface area contributed by atoms with Gasteiger partial charge in [0, 0.05) is 36.7 Å². The van der Waals surface area contributed by atoms with E-state index in [1.807, 2.05) is 13.8 Å². The predicted octanol–water partition coefficient (Wildman–Crippen LogP) is 2.21. The van der Waals surface area contributed by atoms with Crippen molar-refractivity contribution in [2.45, 2.75) is 24.1 Å². The van der Waals surface area contributed by atoms with Crippen LogP contribution in [0.5, 0.6) is 0 Å². The van der Waals surface area contributed by atoms with E-state index in [2.05, 4.69) is 5.32 Å². The second kappa shape index (κ2) is 6.51. The van der Waals surface area contributed by atoms with Crippen molar-refractivity contribution in [3.8, 4) is 0 Å². The third-order valence-electron chi connectivity index (χ3n) is 3.09. The molecule has 2 heterocycles. The molecule has 0 aromatic carbocycles. The van der Waals surface area contributed by atoms with Crippen molar-refractivity contribution in [3.63, 3.8) is 0 Å². The zero-order valence-corrected chi connectivity index (χ0v) is 14.2. The van der Waals surface area contributed by atoms with Crippen LogP contribution in [0.3, 0.4) is 0 Å². The maximum absolute atomic E-state index is 12.7. The van der Waals surface area contributed by atoms with Gasteiger partial charge in [0.05, 0.1) is 4.92 Å². The number of sulfonamides is 1. The van der Waals surface area contributed by atoms with Crippen molar-refractivity contribution < 1.29 is 13.3 Å². The lowest BCUT2D eigenvalue weighted by atomic mass is 10.4. The minimum absolute atomic E-state index is 0.0314. The van der Waals surface area contributed by atoms with Crippen molar-refractivity contribution in [1.82, 2.24) is 4.31 Å². The molecule has 2 rings (SSSR count). The first-order chi connectivity index (χ1) is 9.87. The molecule has 1 unspecified atom stereocenters. The highest BCUT2D eigenvalue weighted by atomic mass is 32.2. The van der Waals surface area contributed by atoms with E-state index >= 15 is 0 Å². The normalized spacial score (nSPS) is 20.4. The van der Waals surface area contributed by atoms with E-state index in [1.54, 1.807) is 11.8 Å². The Hall–Kier alpha value is -0.840. The Morgan fingerprint density at radius 2 is 2.29 bits per heavy atom. The first kappa shape index (κ1) is 16.5. The Kier molecular flexibility index (Phi) is 5.12. The molecule has 7 nitrogen and oxygen atoms in total. The van der Waals surface area contributed by atoms with Gasteiger partial charge in [-0.3, -0.25) is 10.1 Å². The molecule has 1 aliphatic rings. The Morgan fingerprint density at radius 1 is 1.57 bits per heavy atom. The van der Waals surface area contributed by atoms with Crippen LogP contribution in [0.25, 0.3) is 0 Å². The number of hydrogen-bond donors (Lipinski definition) is 1. The fraction of sp³-hybridized carbons (Fsp3) is 0.636. The lowest BCUT2D eigenvalue weighted by Gasteiger charge is -2.31. The van der Waals surface area contributed by atoms with Gasteiger partial charge in [-0.1, -0.05) is 11.3 Å². The summed E-state index contributed by atoms with van der Waals surface area (Å²) in [5, 5.41) is 14.2. The van der Waals surface area contributed by atoms with Crippen molar-refractivity contribution in [3.05, 3.63) is 16.2 Å². The van der Waals surface area contributed by atoms with Gasteiger partial charge in [-0.15, -0.1) is 0 Å². The van der Waals surface area contributed by atoms with Crippen LogP contribution in [0, 0.1) is 10.1 Å². The number of nitro groups is 1. The molecule has 0 saturated carbocycles. The molecule has 21 heavy (non-hydrogen) atoms. The molecule has 0 radical (unpaired) electrons. The molecule has 1 aliphatic heterocycles. The van der Waals surface area contributed by atoms with Gasteiger partial charge in [0.1, 0.15) is 4.21 Å². The number of rotatable bonds is 5. The Labute approximate surface area is 131 Å². The van der Waals surface area contributed by atoms with Crippen LogP contribution in [0.15, 0.2) is 10.3 Å². The summed E-state index contributed by atoms with van der Waals surface area (Å²) in [5.74, 6) is 1.49. The smallest absolute Gasteiger partial charge is 0.304 e. The monoisotopic (exact) mass is 351 g/mol. The van der Waals surface area contributed by atoms with Gasteiger partial charge >= 0.3 is 5.69 Å². The summed E-state index contributed by atoms with van der Waals surface area (Å²) in [5.41, 5.74) is -0.181. The molecule has 1 saturated heterocycles. The van der Waals surface area contributed by atoms with Crippen LogP contribution in [-0.2, 0) is 10.0 Å². The molecule has 0 bridgehead atoms. The maximum Gasteiger partial charge on any atom is 0.304 e. The van der Waals surface area contributed by atoms with E-state index in [4.69, 9.17) is 0 Å². The fourth-order valence-corrected chi connectivity index (χ4v) is 6.47. The van der Waals surface area contributed by atoms with Crippen LogP contribution < -0.4 is 5.32 Å². The molecule has 1 aromatic heterocycles. The molecule has 118 valence electrons. The average molecular weight is 351 g/mol. The Bertz CT molecular complexity index is 629. The van der Waals surface area contributed by atoms with Crippen LogP contribution in [0.1, 0.15) is 13.8 Å². The van der Waals surface area contributed by atoms with Crippen LogP contribution in [-0.4, -0.2) is 48.3 Å². The highest BCUT2D eigenvalue weighted by Crippen LogP contribution is 2.39. The van der Waals surface area contributed by atoms with E-state index in [1.165, 1.54) is 4.31 Å². The quantitative estimate of drug-likeness (QED) is 0.646. The van der Waals surface area contributed by atoms with Gasteiger partial charge < -0.3 is 5.32 Å². The summed E-state index contributed by atoms with van der Waals surface area (Å²) in [6.07, 6.45) is 0. The first-order valence-corrected chi connectivity index (χ1v) is 9.90. The number of anilines is 1. The molecule has 10 heteroatoms. The van der Waals surface area contributed by atoms with Crippen LogP contribution in [0.4, 0.5) is 10.7 Å². The predicted molar refractivity (Wildman–Crippen MR) is 85.8 cm³/mol. The van der Waals surface area contributed by atoms with Gasteiger partial charge in [0.25, 0.3) is 10.0 Å². The lowest BCUT2D eigenvalue weighted by molar-refractivity contribution is -0.383.